The van der Waals surface area contributed by atoms with Gasteiger partial charge in [0.25, 0.3) is 0 Å². The van der Waals surface area contributed by atoms with E-state index in [1.165, 1.54) is 7.11 Å². The van der Waals surface area contributed by atoms with Crippen LogP contribution in [0.2, 0.25) is 0 Å². The highest BCUT2D eigenvalue weighted by atomic mass is 16.5. The molecule has 0 fully saturated rings. The number of allylic oxidation sites excluding steroid dienone is 4. The van der Waals surface area contributed by atoms with Crippen molar-refractivity contribution in [3.05, 3.63) is 29.2 Å². The summed E-state index contributed by atoms with van der Waals surface area (Å²) in [7, 11) is 3.11. The third kappa shape index (κ3) is 1.54. The maximum atomic E-state index is 8.59. The van der Waals surface area contributed by atoms with Crippen molar-refractivity contribution in [3.8, 4) is 0 Å². The van der Waals surface area contributed by atoms with Gasteiger partial charge in [-0.1, -0.05) is 0 Å². The fourth-order valence-electron chi connectivity index (χ4n) is 0.987. The topological polar surface area (TPSA) is 54.9 Å². The van der Waals surface area contributed by atoms with Crippen LogP contribution >= 0.6 is 0 Å². The summed E-state index contributed by atoms with van der Waals surface area (Å²) in [5.74, 6) is 1.32. The quantitative estimate of drug-likeness (QED) is 0.456. The summed E-state index contributed by atoms with van der Waals surface area (Å²) in [6, 6.07) is 0. The van der Waals surface area contributed by atoms with E-state index in [0.29, 0.717) is 17.9 Å². The molecule has 1 aliphatic rings. The Morgan fingerprint density at radius 1 is 1.33 bits per heavy atom. The minimum atomic E-state index is 0.465. The van der Waals surface area contributed by atoms with Crippen LogP contribution in [-0.4, -0.2) is 24.7 Å². The molecule has 0 amide bonds. The number of methoxy groups -OCH3 is 2. The second kappa shape index (κ2) is 3.74. The molecule has 0 saturated heterocycles. The summed E-state index contributed by atoms with van der Waals surface area (Å²) in [6.45, 7) is 0. The molecule has 0 heterocycles. The smallest absolute Gasteiger partial charge is 0.340 e. The highest BCUT2D eigenvalue weighted by molar-refractivity contribution is 5.96. The Kier molecular flexibility index (Phi) is 2.66. The van der Waals surface area contributed by atoms with Crippen molar-refractivity contribution < 1.29 is 14.3 Å². The monoisotopic (exact) mass is 166 g/mol. The van der Waals surface area contributed by atoms with Gasteiger partial charge in [-0.05, 0) is 12.2 Å². The van der Waals surface area contributed by atoms with Crippen LogP contribution in [0.1, 0.15) is 6.42 Å². The second-order valence-corrected chi connectivity index (χ2v) is 2.30. The van der Waals surface area contributed by atoms with Gasteiger partial charge in [-0.15, -0.1) is 0 Å². The highest BCUT2D eigenvalue weighted by Crippen LogP contribution is 2.15. The summed E-state index contributed by atoms with van der Waals surface area (Å²) in [6.07, 6.45) is 3.96. The largest absolute Gasteiger partial charge is 0.500 e. The Morgan fingerprint density at radius 2 is 2.08 bits per heavy atom. The van der Waals surface area contributed by atoms with Gasteiger partial charge in [-0.2, -0.15) is 4.79 Å². The van der Waals surface area contributed by atoms with Crippen molar-refractivity contribution in [2.75, 3.05) is 14.2 Å². The van der Waals surface area contributed by atoms with Crippen molar-refractivity contribution in [2.24, 2.45) is 0 Å². The van der Waals surface area contributed by atoms with Crippen molar-refractivity contribution >= 4 is 5.71 Å². The van der Waals surface area contributed by atoms with Crippen molar-refractivity contribution in [2.45, 2.75) is 6.42 Å². The average molecular weight is 166 g/mol. The maximum absolute atomic E-state index is 8.59. The van der Waals surface area contributed by atoms with E-state index < -0.39 is 0 Å². The lowest BCUT2D eigenvalue weighted by atomic mass is 10.1. The van der Waals surface area contributed by atoms with E-state index in [0.717, 1.165) is 5.76 Å². The van der Waals surface area contributed by atoms with Crippen molar-refractivity contribution in [1.29, 1.82) is 0 Å². The van der Waals surface area contributed by atoms with E-state index in [2.05, 4.69) is 4.79 Å². The Labute approximate surface area is 70.7 Å². The molecule has 0 radical (unpaired) electrons. The van der Waals surface area contributed by atoms with E-state index in [1.54, 1.807) is 19.3 Å². The molecule has 4 nitrogen and oxygen atoms in total. The average Bonchev–Trinajstić information content (AvgIpc) is 2.16. The van der Waals surface area contributed by atoms with Crippen molar-refractivity contribution in [3.63, 3.8) is 0 Å². The Balaban J connectivity index is 2.93. The maximum Gasteiger partial charge on any atom is 0.340 e. The number of hydrogen-bond donors (Lipinski definition) is 0. The lowest BCUT2D eigenvalue weighted by Gasteiger charge is -2.08. The van der Waals surface area contributed by atoms with Crippen LogP contribution in [0, 0.1) is 0 Å². The molecule has 0 aromatic rings. The predicted molar refractivity (Wildman–Crippen MR) is 43.4 cm³/mol. The third-order valence-corrected chi connectivity index (χ3v) is 1.65. The third-order valence-electron chi connectivity index (χ3n) is 1.65. The molecule has 1 aliphatic carbocycles. The van der Waals surface area contributed by atoms with Gasteiger partial charge >= 0.3 is 5.71 Å². The van der Waals surface area contributed by atoms with Crippen LogP contribution in [0.25, 0.3) is 5.53 Å². The molecule has 0 atom stereocenters. The molecule has 0 aromatic heterocycles. The van der Waals surface area contributed by atoms with E-state index >= 15 is 0 Å². The van der Waals surface area contributed by atoms with Gasteiger partial charge in [0.1, 0.15) is 12.2 Å². The van der Waals surface area contributed by atoms with Crippen molar-refractivity contribution in [1.82, 2.24) is 0 Å². The highest BCUT2D eigenvalue weighted by Gasteiger charge is 2.21. The lowest BCUT2D eigenvalue weighted by Crippen LogP contribution is -2.11. The van der Waals surface area contributed by atoms with Gasteiger partial charge in [0.15, 0.2) is 0 Å². The van der Waals surface area contributed by atoms with E-state index in [4.69, 9.17) is 15.0 Å². The number of nitrogens with zero attached hydrogens (tertiary/aromatic N) is 2. The minimum absolute atomic E-state index is 0.465. The van der Waals surface area contributed by atoms with Gasteiger partial charge in [0.05, 0.1) is 14.2 Å². The SMILES string of the molecule is COC1=CC=C(OC)C(=[N+]=[N-])C1. The summed E-state index contributed by atoms with van der Waals surface area (Å²) in [5.41, 5.74) is 9.07. The molecule has 0 unspecified atom stereocenters. The molecule has 0 spiro atoms. The van der Waals surface area contributed by atoms with Crippen LogP contribution in [-0.2, 0) is 9.47 Å². The first-order chi connectivity index (χ1) is 5.81. The predicted octanol–water partition coefficient (Wildman–Crippen LogP) is 1.12. The van der Waals surface area contributed by atoms with E-state index in [1.807, 2.05) is 0 Å². The fraction of sp³-hybridized carbons (Fsp3) is 0.375. The van der Waals surface area contributed by atoms with Gasteiger partial charge < -0.3 is 15.0 Å². The minimum Gasteiger partial charge on any atom is -0.500 e. The number of hydrogen-bond acceptors (Lipinski definition) is 2. The molecule has 0 N–H and O–H groups in total. The fourth-order valence-corrected chi connectivity index (χ4v) is 0.987. The lowest BCUT2D eigenvalue weighted by molar-refractivity contribution is -0.0122. The molecule has 1 rings (SSSR count). The molecule has 4 heteroatoms. The Bertz CT molecular complexity index is 285. The normalized spacial score (nSPS) is 16.0. The first kappa shape index (κ1) is 8.56. The number of ether oxygens (including phenoxy) is 2. The van der Waals surface area contributed by atoms with Crippen LogP contribution in [0.4, 0.5) is 0 Å². The molecular weight excluding hydrogens is 156 g/mol. The van der Waals surface area contributed by atoms with E-state index in [9.17, 15) is 0 Å². The molecule has 0 aliphatic heterocycles. The molecular formula is C8H10N2O2. The standard InChI is InChI=1S/C8H10N2O2/c1-11-6-3-4-8(12-2)7(5-6)10-9/h3-4H,5H2,1-2H3. The second-order valence-electron chi connectivity index (χ2n) is 2.30. The van der Waals surface area contributed by atoms with Crippen LogP contribution < -0.4 is 0 Å². The van der Waals surface area contributed by atoms with Crippen LogP contribution in [0.5, 0.6) is 0 Å². The molecule has 0 aromatic carbocycles. The Morgan fingerprint density at radius 3 is 2.58 bits per heavy atom. The van der Waals surface area contributed by atoms with E-state index in [-0.39, 0.29) is 0 Å². The van der Waals surface area contributed by atoms with Gasteiger partial charge in [0, 0.05) is 0 Å². The number of rotatable bonds is 2. The molecule has 0 bridgehead atoms. The zero-order valence-electron chi connectivity index (χ0n) is 7.07. The molecule has 12 heavy (non-hydrogen) atoms. The first-order valence-electron chi connectivity index (χ1n) is 3.52. The zero-order chi connectivity index (χ0) is 8.97. The van der Waals surface area contributed by atoms with Gasteiger partial charge in [-0.25, -0.2) is 0 Å². The first-order valence-corrected chi connectivity index (χ1v) is 3.52. The summed E-state index contributed by atoms with van der Waals surface area (Å²) < 4.78 is 9.94. The Hall–Kier alpha value is -1.54. The zero-order valence-corrected chi connectivity index (χ0v) is 7.07. The van der Waals surface area contributed by atoms with Gasteiger partial charge in [0.2, 0.25) is 5.76 Å². The summed E-state index contributed by atoms with van der Waals surface area (Å²) in [4.78, 5) is 3.10. The van der Waals surface area contributed by atoms with Crippen LogP contribution in [0.3, 0.4) is 0 Å². The summed E-state index contributed by atoms with van der Waals surface area (Å²) in [5, 5.41) is 0. The summed E-state index contributed by atoms with van der Waals surface area (Å²) >= 11 is 0. The van der Waals surface area contributed by atoms with Gasteiger partial charge in [-0.3, -0.25) is 0 Å². The molecule has 64 valence electrons. The molecule has 0 saturated carbocycles. The van der Waals surface area contributed by atoms with Crippen LogP contribution in [0.15, 0.2) is 23.7 Å².